The van der Waals surface area contributed by atoms with E-state index in [2.05, 4.69) is 31.3 Å². The minimum atomic E-state index is 0.218. The molecule has 20 heavy (non-hydrogen) atoms. The zero-order valence-electron chi connectivity index (χ0n) is 13.5. The van der Waals surface area contributed by atoms with Gasteiger partial charge < -0.3 is 14.8 Å². The van der Waals surface area contributed by atoms with E-state index >= 15 is 0 Å². The summed E-state index contributed by atoms with van der Waals surface area (Å²) in [5, 5.41) is 3.56. The van der Waals surface area contributed by atoms with E-state index in [0.717, 1.165) is 25.5 Å². The van der Waals surface area contributed by atoms with E-state index in [4.69, 9.17) is 9.47 Å². The van der Waals surface area contributed by atoms with Gasteiger partial charge in [-0.3, -0.25) is 0 Å². The highest BCUT2D eigenvalue weighted by Crippen LogP contribution is 2.14. The standard InChI is InChI=1S/C17H29NO2/c1-6-19-12-17(13(2)3)18-11-15-7-9-16(10-8-15)20-14(4)5/h7-10,13-14,17-18H,6,11-12H2,1-5H3. The molecule has 0 aromatic heterocycles. The summed E-state index contributed by atoms with van der Waals surface area (Å²) in [4.78, 5) is 0. The molecule has 1 N–H and O–H groups in total. The zero-order chi connectivity index (χ0) is 15.0. The summed E-state index contributed by atoms with van der Waals surface area (Å²) in [6.07, 6.45) is 0.218. The summed E-state index contributed by atoms with van der Waals surface area (Å²) in [6.45, 7) is 12.9. The molecule has 0 aliphatic carbocycles. The van der Waals surface area contributed by atoms with Crippen molar-refractivity contribution in [3.8, 4) is 5.75 Å². The second kappa shape index (κ2) is 8.98. The van der Waals surface area contributed by atoms with Gasteiger partial charge in [-0.05, 0) is 44.4 Å². The Balaban J connectivity index is 2.46. The molecule has 0 amide bonds. The van der Waals surface area contributed by atoms with Crippen molar-refractivity contribution in [3.63, 3.8) is 0 Å². The van der Waals surface area contributed by atoms with Crippen molar-refractivity contribution in [2.24, 2.45) is 5.92 Å². The lowest BCUT2D eigenvalue weighted by molar-refractivity contribution is 0.108. The van der Waals surface area contributed by atoms with Crippen molar-refractivity contribution in [1.29, 1.82) is 0 Å². The molecule has 0 radical (unpaired) electrons. The van der Waals surface area contributed by atoms with Crippen LogP contribution in [-0.4, -0.2) is 25.4 Å². The van der Waals surface area contributed by atoms with Crippen molar-refractivity contribution >= 4 is 0 Å². The number of nitrogens with one attached hydrogen (secondary N) is 1. The fourth-order valence-corrected chi connectivity index (χ4v) is 1.94. The molecular weight excluding hydrogens is 250 g/mol. The van der Waals surface area contributed by atoms with Crippen LogP contribution in [0.1, 0.15) is 40.2 Å². The van der Waals surface area contributed by atoms with Crippen LogP contribution in [0.3, 0.4) is 0 Å². The van der Waals surface area contributed by atoms with E-state index in [0.29, 0.717) is 12.0 Å². The molecule has 1 aromatic carbocycles. The van der Waals surface area contributed by atoms with E-state index < -0.39 is 0 Å². The molecule has 0 aliphatic rings. The lowest BCUT2D eigenvalue weighted by atomic mass is 10.0. The van der Waals surface area contributed by atoms with Gasteiger partial charge in [-0.1, -0.05) is 26.0 Å². The molecule has 1 rings (SSSR count). The summed E-state index contributed by atoms with van der Waals surface area (Å²) in [5.74, 6) is 1.49. The number of ether oxygens (including phenoxy) is 2. The molecule has 3 nitrogen and oxygen atoms in total. The maximum absolute atomic E-state index is 5.65. The molecular formula is C17H29NO2. The summed E-state index contributed by atoms with van der Waals surface area (Å²) in [5.41, 5.74) is 1.27. The van der Waals surface area contributed by atoms with Gasteiger partial charge in [0.25, 0.3) is 0 Å². The van der Waals surface area contributed by atoms with Gasteiger partial charge in [-0.25, -0.2) is 0 Å². The number of hydrogen-bond donors (Lipinski definition) is 1. The van der Waals surface area contributed by atoms with Crippen molar-refractivity contribution in [2.45, 2.75) is 53.3 Å². The Bertz CT molecular complexity index is 360. The van der Waals surface area contributed by atoms with Crippen molar-refractivity contribution in [1.82, 2.24) is 5.32 Å². The molecule has 1 aromatic rings. The Labute approximate surface area is 123 Å². The number of benzene rings is 1. The maximum atomic E-state index is 5.65. The highest BCUT2D eigenvalue weighted by Gasteiger charge is 2.12. The molecule has 0 aliphatic heterocycles. The molecule has 114 valence electrons. The van der Waals surface area contributed by atoms with Gasteiger partial charge in [0.15, 0.2) is 0 Å². The van der Waals surface area contributed by atoms with Crippen molar-refractivity contribution in [2.75, 3.05) is 13.2 Å². The Morgan fingerprint density at radius 3 is 2.20 bits per heavy atom. The summed E-state index contributed by atoms with van der Waals surface area (Å²) in [7, 11) is 0. The topological polar surface area (TPSA) is 30.5 Å². The van der Waals surface area contributed by atoms with Crippen LogP contribution in [0.2, 0.25) is 0 Å². The van der Waals surface area contributed by atoms with Gasteiger partial charge in [0.05, 0.1) is 12.7 Å². The van der Waals surface area contributed by atoms with Gasteiger partial charge in [0, 0.05) is 19.2 Å². The first-order valence-electron chi connectivity index (χ1n) is 7.59. The normalized spacial score (nSPS) is 12.9. The largest absolute Gasteiger partial charge is 0.491 e. The maximum Gasteiger partial charge on any atom is 0.119 e. The van der Waals surface area contributed by atoms with Gasteiger partial charge in [0.1, 0.15) is 5.75 Å². The van der Waals surface area contributed by atoms with E-state index in [-0.39, 0.29) is 6.10 Å². The van der Waals surface area contributed by atoms with Crippen LogP contribution >= 0.6 is 0 Å². The van der Waals surface area contributed by atoms with Crippen LogP contribution in [0.5, 0.6) is 5.75 Å². The van der Waals surface area contributed by atoms with Gasteiger partial charge >= 0.3 is 0 Å². The number of rotatable bonds is 9. The Morgan fingerprint density at radius 1 is 1.05 bits per heavy atom. The van der Waals surface area contributed by atoms with Crippen LogP contribution in [0, 0.1) is 5.92 Å². The second-order valence-electron chi connectivity index (χ2n) is 5.70. The van der Waals surface area contributed by atoms with E-state index in [9.17, 15) is 0 Å². The molecule has 0 spiro atoms. The third kappa shape index (κ3) is 6.40. The highest BCUT2D eigenvalue weighted by atomic mass is 16.5. The number of hydrogen-bond acceptors (Lipinski definition) is 3. The monoisotopic (exact) mass is 279 g/mol. The first-order valence-corrected chi connectivity index (χ1v) is 7.59. The quantitative estimate of drug-likeness (QED) is 0.749. The average Bonchev–Trinajstić information content (AvgIpc) is 2.39. The van der Waals surface area contributed by atoms with E-state index in [1.54, 1.807) is 0 Å². The molecule has 0 bridgehead atoms. The zero-order valence-corrected chi connectivity index (χ0v) is 13.5. The molecule has 1 unspecified atom stereocenters. The lowest BCUT2D eigenvalue weighted by Gasteiger charge is -2.22. The fourth-order valence-electron chi connectivity index (χ4n) is 1.94. The molecule has 0 fully saturated rings. The Hall–Kier alpha value is -1.06. The average molecular weight is 279 g/mol. The van der Waals surface area contributed by atoms with Crippen LogP contribution in [0.25, 0.3) is 0 Å². The fraction of sp³-hybridized carbons (Fsp3) is 0.647. The summed E-state index contributed by atoms with van der Waals surface area (Å²) < 4.78 is 11.2. The van der Waals surface area contributed by atoms with Gasteiger partial charge in [-0.15, -0.1) is 0 Å². The SMILES string of the molecule is CCOCC(NCc1ccc(OC(C)C)cc1)C(C)C. The third-order valence-electron chi connectivity index (χ3n) is 3.17. The second-order valence-corrected chi connectivity index (χ2v) is 5.70. The van der Waals surface area contributed by atoms with Crippen molar-refractivity contribution < 1.29 is 9.47 Å². The van der Waals surface area contributed by atoms with E-state index in [1.165, 1.54) is 5.56 Å². The lowest BCUT2D eigenvalue weighted by Crippen LogP contribution is -2.37. The molecule has 0 saturated carbocycles. The predicted octanol–water partition coefficient (Wildman–Crippen LogP) is 3.62. The summed E-state index contributed by atoms with van der Waals surface area (Å²) in [6, 6.07) is 8.68. The van der Waals surface area contributed by atoms with Crippen LogP contribution in [0.15, 0.2) is 24.3 Å². The predicted molar refractivity (Wildman–Crippen MR) is 84.2 cm³/mol. The Morgan fingerprint density at radius 2 is 1.70 bits per heavy atom. The molecule has 0 heterocycles. The first kappa shape index (κ1) is 17.0. The minimum Gasteiger partial charge on any atom is -0.491 e. The van der Waals surface area contributed by atoms with Gasteiger partial charge in [0.2, 0.25) is 0 Å². The highest BCUT2D eigenvalue weighted by molar-refractivity contribution is 5.27. The first-order chi connectivity index (χ1) is 9.52. The van der Waals surface area contributed by atoms with Crippen LogP contribution in [-0.2, 0) is 11.3 Å². The molecule has 3 heteroatoms. The Kier molecular flexibility index (Phi) is 7.63. The third-order valence-corrected chi connectivity index (χ3v) is 3.17. The van der Waals surface area contributed by atoms with Crippen LogP contribution < -0.4 is 10.1 Å². The van der Waals surface area contributed by atoms with Crippen LogP contribution in [0.4, 0.5) is 0 Å². The van der Waals surface area contributed by atoms with Crippen molar-refractivity contribution in [3.05, 3.63) is 29.8 Å². The molecule has 1 atom stereocenters. The smallest absolute Gasteiger partial charge is 0.119 e. The molecule has 0 saturated heterocycles. The minimum absolute atomic E-state index is 0.218. The van der Waals surface area contributed by atoms with E-state index in [1.807, 2.05) is 32.9 Å². The van der Waals surface area contributed by atoms with Gasteiger partial charge in [-0.2, -0.15) is 0 Å². The summed E-state index contributed by atoms with van der Waals surface area (Å²) >= 11 is 0.